The van der Waals surface area contributed by atoms with Gasteiger partial charge in [-0.05, 0) is 32.6 Å². The van der Waals surface area contributed by atoms with Gasteiger partial charge in [0.2, 0.25) is 0 Å². The molecule has 1 aliphatic rings. The van der Waals surface area contributed by atoms with Crippen LogP contribution in [0.4, 0.5) is 11.4 Å². The Balaban J connectivity index is 2.20. The lowest BCUT2D eigenvalue weighted by Crippen LogP contribution is -2.34. The largest absolute Gasteiger partial charge is 0.337 e. The molecule has 0 spiro atoms. The first-order valence-corrected chi connectivity index (χ1v) is 6.64. The minimum atomic E-state index is -0.557. The standard InChI is InChI=1S/C13H19N5O3/c1-16(2)10-5-6-17(8-10)13(19)9-3-4-11(15-14)12(7-9)18(20)21/h3-4,7,10,15H,5-6,8,14H2,1-2H3. The molecule has 2 rings (SSSR count). The fourth-order valence-electron chi connectivity index (χ4n) is 2.47. The van der Waals surface area contributed by atoms with Gasteiger partial charge in [0.25, 0.3) is 11.6 Å². The SMILES string of the molecule is CN(C)C1CCN(C(=O)c2ccc(NN)c([N+](=O)[O-])c2)C1. The average molecular weight is 293 g/mol. The van der Waals surface area contributed by atoms with Crippen molar-refractivity contribution >= 4 is 17.3 Å². The second-order valence-corrected chi connectivity index (χ2v) is 5.29. The van der Waals surface area contributed by atoms with E-state index in [9.17, 15) is 14.9 Å². The second kappa shape index (κ2) is 6.06. The number of anilines is 1. The predicted octanol–water partition coefficient (Wildman–Crippen LogP) is 0.657. The quantitative estimate of drug-likeness (QED) is 0.480. The van der Waals surface area contributed by atoms with Gasteiger partial charge >= 0.3 is 0 Å². The first-order chi connectivity index (χ1) is 9.93. The summed E-state index contributed by atoms with van der Waals surface area (Å²) >= 11 is 0. The minimum Gasteiger partial charge on any atom is -0.337 e. The maximum absolute atomic E-state index is 12.4. The first kappa shape index (κ1) is 15.2. The van der Waals surface area contributed by atoms with Crippen molar-refractivity contribution in [2.45, 2.75) is 12.5 Å². The van der Waals surface area contributed by atoms with E-state index in [2.05, 4.69) is 10.3 Å². The number of hydrogen-bond donors (Lipinski definition) is 2. The summed E-state index contributed by atoms with van der Waals surface area (Å²) in [5.74, 6) is 5.04. The van der Waals surface area contributed by atoms with E-state index in [0.29, 0.717) is 24.7 Å². The molecule has 1 unspecified atom stereocenters. The molecular weight excluding hydrogens is 274 g/mol. The van der Waals surface area contributed by atoms with Crippen LogP contribution < -0.4 is 11.3 Å². The maximum Gasteiger partial charge on any atom is 0.294 e. The molecule has 1 aromatic rings. The molecule has 1 amide bonds. The molecule has 0 saturated carbocycles. The second-order valence-electron chi connectivity index (χ2n) is 5.29. The summed E-state index contributed by atoms with van der Waals surface area (Å²) in [6.45, 7) is 1.29. The van der Waals surface area contributed by atoms with Crippen molar-refractivity contribution in [3.8, 4) is 0 Å². The van der Waals surface area contributed by atoms with E-state index < -0.39 is 4.92 Å². The highest BCUT2D eigenvalue weighted by molar-refractivity contribution is 5.96. The normalized spacial score (nSPS) is 18.1. The zero-order valence-electron chi connectivity index (χ0n) is 12.1. The molecule has 1 aromatic carbocycles. The number of nitrogens with one attached hydrogen (secondary N) is 1. The van der Waals surface area contributed by atoms with Crippen molar-refractivity contribution < 1.29 is 9.72 Å². The summed E-state index contributed by atoms with van der Waals surface area (Å²) in [7, 11) is 3.95. The Morgan fingerprint density at radius 3 is 2.76 bits per heavy atom. The van der Waals surface area contributed by atoms with Gasteiger partial charge in [0.05, 0.1) is 4.92 Å². The number of nitrogen functional groups attached to an aromatic ring is 1. The Morgan fingerprint density at radius 1 is 1.52 bits per heavy atom. The number of carbonyl (C=O) groups is 1. The number of hydrogen-bond acceptors (Lipinski definition) is 6. The summed E-state index contributed by atoms with van der Waals surface area (Å²) in [6, 6.07) is 4.59. The molecular formula is C13H19N5O3. The number of likely N-dealkylation sites (tertiary alicyclic amines) is 1. The van der Waals surface area contributed by atoms with Crippen LogP contribution in [0.5, 0.6) is 0 Å². The van der Waals surface area contributed by atoms with Crippen molar-refractivity contribution in [1.29, 1.82) is 0 Å². The number of hydrazine groups is 1. The van der Waals surface area contributed by atoms with Gasteiger partial charge in [-0.2, -0.15) is 0 Å². The number of benzene rings is 1. The van der Waals surface area contributed by atoms with Crippen LogP contribution in [0.15, 0.2) is 18.2 Å². The summed E-state index contributed by atoms with van der Waals surface area (Å²) in [4.78, 5) is 26.7. The highest BCUT2D eigenvalue weighted by atomic mass is 16.6. The maximum atomic E-state index is 12.4. The number of nitro benzene ring substituents is 1. The van der Waals surface area contributed by atoms with Gasteiger partial charge in [-0.1, -0.05) is 0 Å². The van der Waals surface area contributed by atoms with Gasteiger partial charge in [0.15, 0.2) is 0 Å². The molecule has 0 aliphatic carbocycles. The number of amides is 1. The number of likely N-dealkylation sites (N-methyl/N-ethyl adjacent to an activating group) is 1. The van der Waals surface area contributed by atoms with Crippen LogP contribution in [0.25, 0.3) is 0 Å². The molecule has 8 nitrogen and oxygen atoms in total. The van der Waals surface area contributed by atoms with Gasteiger partial charge < -0.3 is 15.2 Å². The van der Waals surface area contributed by atoms with Gasteiger partial charge in [0, 0.05) is 30.8 Å². The van der Waals surface area contributed by atoms with Crippen molar-refractivity contribution in [3.63, 3.8) is 0 Å². The van der Waals surface area contributed by atoms with Gasteiger partial charge in [-0.15, -0.1) is 0 Å². The van der Waals surface area contributed by atoms with Crippen molar-refractivity contribution in [1.82, 2.24) is 9.80 Å². The van der Waals surface area contributed by atoms with Gasteiger partial charge in [0.1, 0.15) is 5.69 Å². The minimum absolute atomic E-state index is 0.184. The van der Waals surface area contributed by atoms with Gasteiger partial charge in [-0.25, -0.2) is 0 Å². The average Bonchev–Trinajstić information content (AvgIpc) is 2.95. The fourth-order valence-corrected chi connectivity index (χ4v) is 2.47. The lowest BCUT2D eigenvalue weighted by molar-refractivity contribution is -0.384. The van der Waals surface area contributed by atoms with E-state index in [1.807, 2.05) is 14.1 Å². The molecule has 8 heteroatoms. The number of nitro groups is 1. The number of nitrogens with zero attached hydrogens (tertiary/aromatic N) is 3. The molecule has 1 saturated heterocycles. The number of carbonyl (C=O) groups excluding carboxylic acids is 1. The van der Waals surface area contributed by atoms with Crippen molar-refractivity contribution in [2.24, 2.45) is 5.84 Å². The highest BCUT2D eigenvalue weighted by Gasteiger charge is 2.29. The third kappa shape index (κ3) is 3.11. The fraction of sp³-hybridized carbons (Fsp3) is 0.462. The van der Waals surface area contributed by atoms with Crippen LogP contribution in [-0.2, 0) is 0 Å². The van der Waals surface area contributed by atoms with Crippen molar-refractivity contribution in [3.05, 3.63) is 33.9 Å². The third-order valence-corrected chi connectivity index (χ3v) is 3.78. The highest BCUT2D eigenvalue weighted by Crippen LogP contribution is 2.26. The summed E-state index contributed by atoms with van der Waals surface area (Å²) in [5.41, 5.74) is 2.55. The smallest absolute Gasteiger partial charge is 0.294 e. The molecule has 0 bridgehead atoms. The molecule has 1 heterocycles. The molecule has 1 aliphatic heterocycles. The Bertz CT molecular complexity index is 561. The Labute approximate surface area is 122 Å². The first-order valence-electron chi connectivity index (χ1n) is 6.64. The molecule has 0 radical (unpaired) electrons. The topological polar surface area (TPSA) is 105 Å². The Hall–Kier alpha value is -2.19. The lowest BCUT2D eigenvalue weighted by Gasteiger charge is -2.20. The van der Waals surface area contributed by atoms with Crippen molar-refractivity contribution in [2.75, 3.05) is 32.6 Å². The molecule has 3 N–H and O–H groups in total. The summed E-state index contributed by atoms with van der Waals surface area (Å²) < 4.78 is 0. The zero-order valence-corrected chi connectivity index (χ0v) is 12.1. The van der Waals surface area contributed by atoms with Crippen LogP contribution >= 0.6 is 0 Å². The van der Waals surface area contributed by atoms with Crippen LogP contribution in [0.3, 0.4) is 0 Å². The van der Waals surface area contributed by atoms with Crippen LogP contribution in [0.2, 0.25) is 0 Å². The molecule has 1 fully saturated rings. The molecule has 21 heavy (non-hydrogen) atoms. The van der Waals surface area contributed by atoms with E-state index in [0.717, 1.165) is 6.42 Å². The monoisotopic (exact) mass is 293 g/mol. The van der Waals surface area contributed by atoms with E-state index in [4.69, 9.17) is 5.84 Å². The van der Waals surface area contributed by atoms with Crippen LogP contribution in [0, 0.1) is 10.1 Å². The third-order valence-electron chi connectivity index (χ3n) is 3.78. The number of rotatable bonds is 4. The molecule has 114 valence electrons. The van der Waals surface area contributed by atoms with E-state index in [-0.39, 0.29) is 17.3 Å². The van der Waals surface area contributed by atoms with E-state index in [1.165, 1.54) is 12.1 Å². The molecule has 1 atom stereocenters. The van der Waals surface area contributed by atoms with Crippen LogP contribution in [-0.4, -0.2) is 53.9 Å². The van der Waals surface area contributed by atoms with Crippen LogP contribution in [0.1, 0.15) is 16.8 Å². The summed E-state index contributed by atoms with van der Waals surface area (Å²) in [6.07, 6.45) is 0.906. The van der Waals surface area contributed by atoms with E-state index in [1.54, 1.807) is 11.0 Å². The zero-order chi connectivity index (χ0) is 15.6. The summed E-state index contributed by atoms with van der Waals surface area (Å²) in [5, 5.41) is 11.0. The van der Waals surface area contributed by atoms with E-state index >= 15 is 0 Å². The predicted molar refractivity (Wildman–Crippen MR) is 78.9 cm³/mol. The lowest BCUT2D eigenvalue weighted by atomic mass is 10.1. The van der Waals surface area contributed by atoms with Gasteiger partial charge in [-0.3, -0.25) is 20.8 Å². The Kier molecular flexibility index (Phi) is 4.39. The molecule has 0 aromatic heterocycles. The Morgan fingerprint density at radius 2 is 2.24 bits per heavy atom. The number of nitrogens with two attached hydrogens (primary N) is 1.